The summed E-state index contributed by atoms with van der Waals surface area (Å²) in [6.07, 6.45) is 0.924. The number of hydrogen-bond donors (Lipinski definition) is 0. The number of pyridine rings is 1. The first-order valence-electron chi connectivity index (χ1n) is 8.67. The summed E-state index contributed by atoms with van der Waals surface area (Å²) < 4.78 is 0. The van der Waals surface area contributed by atoms with E-state index in [0.29, 0.717) is 5.56 Å². The zero-order valence-corrected chi connectivity index (χ0v) is 14.4. The Morgan fingerprint density at radius 3 is 2.36 bits per heavy atom. The van der Waals surface area contributed by atoms with Crippen LogP contribution >= 0.6 is 0 Å². The number of nitrogens with zero attached hydrogens (tertiary/aromatic N) is 3. The fourth-order valence-electron chi connectivity index (χ4n) is 3.51. The van der Waals surface area contributed by atoms with E-state index in [-0.39, 0.29) is 0 Å². The van der Waals surface area contributed by atoms with Gasteiger partial charge < -0.3 is 9.80 Å². The van der Waals surface area contributed by atoms with Crippen LogP contribution < -0.4 is 9.80 Å². The summed E-state index contributed by atoms with van der Waals surface area (Å²) in [6.45, 7) is 5.64. The lowest BCUT2D eigenvalue weighted by molar-refractivity contribution is 0.112. The molecule has 0 bridgehead atoms. The second kappa shape index (κ2) is 6.55. The van der Waals surface area contributed by atoms with Gasteiger partial charge in [0.05, 0.1) is 11.1 Å². The van der Waals surface area contributed by atoms with Gasteiger partial charge >= 0.3 is 0 Å². The summed E-state index contributed by atoms with van der Waals surface area (Å²) >= 11 is 0. The summed E-state index contributed by atoms with van der Waals surface area (Å²) in [5.74, 6) is 0.810. The molecule has 0 atom stereocenters. The van der Waals surface area contributed by atoms with Gasteiger partial charge in [-0.3, -0.25) is 4.79 Å². The van der Waals surface area contributed by atoms with Crippen molar-refractivity contribution in [3.8, 4) is 0 Å². The third-order valence-electron chi connectivity index (χ3n) is 4.88. The van der Waals surface area contributed by atoms with Gasteiger partial charge in [0.1, 0.15) is 5.82 Å². The van der Waals surface area contributed by atoms with Gasteiger partial charge in [-0.05, 0) is 30.7 Å². The van der Waals surface area contributed by atoms with E-state index >= 15 is 0 Å². The second-order valence-electron chi connectivity index (χ2n) is 6.48. The SMILES string of the molecule is Cc1cccc2cc(C=O)c(N3CCN(c4ccccc4)CC3)nc12. The molecular formula is C21H21N3O. The maximum atomic E-state index is 11.6. The molecule has 4 heteroatoms. The summed E-state index contributed by atoms with van der Waals surface area (Å²) in [5, 5.41) is 1.02. The van der Waals surface area contributed by atoms with E-state index in [9.17, 15) is 4.79 Å². The number of anilines is 2. The average Bonchev–Trinajstić information content (AvgIpc) is 2.68. The van der Waals surface area contributed by atoms with Crippen LogP contribution in [0.15, 0.2) is 54.6 Å². The molecule has 1 fully saturated rings. The molecule has 0 N–H and O–H groups in total. The minimum atomic E-state index is 0.672. The van der Waals surface area contributed by atoms with Crippen LogP contribution in [0.1, 0.15) is 15.9 Å². The van der Waals surface area contributed by atoms with Crippen LogP contribution in [0.5, 0.6) is 0 Å². The minimum Gasteiger partial charge on any atom is -0.368 e. The van der Waals surface area contributed by atoms with Gasteiger partial charge in [0.25, 0.3) is 0 Å². The highest BCUT2D eigenvalue weighted by atomic mass is 16.1. The van der Waals surface area contributed by atoms with Crippen molar-refractivity contribution < 1.29 is 4.79 Å². The Morgan fingerprint density at radius 2 is 1.64 bits per heavy atom. The molecule has 1 aliphatic rings. The maximum Gasteiger partial charge on any atom is 0.153 e. The largest absolute Gasteiger partial charge is 0.368 e. The number of carbonyl (C=O) groups excluding carboxylic acids is 1. The molecule has 0 unspecified atom stereocenters. The van der Waals surface area contributed by atoms with Crippen molar-refractivity contribution in [2.45, 2.75) is 6.92 Å². The molecule has 0 amide bonds. The number of para-hydroxylation sites is 2. The van der Waals surface area contributed by atoms with Crippen LogP contribution in [-0.2, 0) is 0 Å². The van der Waals surface area contributed by atoms with Crippen LogP contribution in [-0.4, -0.2) is 37.4 Å². The lowest BCUT2D eigenvalue weighted by Gasteiger charge is -2.37. The molecule has 1 saturated heterocycles. The van der Waals surface area contributed by atoms with Crippen molar-refractivity contribution in [1.29, 1.82) is 0 Å². The molecule has 4 nitrogen and oxygen atoms in total. The molecule has 4 rings (SSSR count). The average molecular weight is 331 g/mol. The number of aryl methyl sites for hydroxylation is 1. The van der Waals surface area contributed by atoms with Crippen molar-refractivity contribution in [3.63, 3.8) is 0 Å². The first kappa shape index (κ1) is 15.6. The summed E-state index contributed by atoms with van der Waals surface area (Å²) in [5.41, 5.74) is 4.04. The van der Waals surface area contributed by atoms with E-state index in [1.165, 1.54) is 5.69 Å². The van der Waals surface area contributed by atoms with E-state index in [4.69, 9.17) is 4.98 Å². The number of fused-ring (bicyclic) bond motifs is 1. The van der Waals surface area contributed by atoms with Crippen molar-refractivity contribution in [2.75, 3.05) is 36.0 Å². The van der Waals surface area contributed by atoms with E-state index < -0.39 is 0 Å². The first-order valence-corrected chi connectivity index (χ1v) is 8.67. The topological polar surface area (TPSA) is 36.4 Å². The smallest absolute Gasteiger partial charge is 0.153 e. The summed E-state index contributed by atoms with van der Waals surface area (Å²) in [7, 11) is 0. The highest BCUT2D eigenvalue weighted by Crippen LogP contribution is 2.26. The van der Waals surface area contributed by atoms with E-state index in [1.54, 1.807) is 0 Å². The molecule has 2 aromatic carbocycles. The Morgan fingerprint density at radius 1 is 0.920 bits per heavy atom. The number of rotatable bonds is 3. The Balaban J connectivity index is 1.62. The number of hydrogen-bond acceptors (Lipinski definition) is 4. The van der Waals surface area contributed by atoms with Gasteiger partial charge in [-0.1, -0.05) is 36.4 Å². The number of aromatic nitrogens is 1. The van der Waals surface area contributed by atoms with Gasteiger partial charge in [0, 0.05) is 37.3 Å². The van der Waals surface area contributed by atoms with E-state index in [1.807, 2.05) is 24.3 Å². The van der Waals surface area contributed by atoms with Crippen LogP contribution in [0.3, 0.4) is 0 Å². The fourth-order valence-corrected chi connectivity index (χ4v) is 3.51. The number of benzene rings is 2. The Kier molecular flexibility index (Phi) is 4.10. The van der Waals surface area contributed by atoms with E-state index in [0.717, 1.165) is 54.7 Å². The van der Waals surface area contributed by atoms with Crippen molar-refractivity contribution in [3.05, 3.63) is 65.7 Å². The van der Waals surface area contributed by atoms with Gasteiger partial charge in [-0.2, -0.15) is 0 Å². The predicted octanol–water partition coefficient (Wildman–Crippen LogP) is 3.68. The van der Waals surface area contributed by atoms with Crippen LogP contribution in [0.25, 0.3) is 10.9 Å². The molecule has 126 valence electrons. The highest BCUT2D eigenvalue weighted by molar-refractivity contribution is 5.93. The molecule has 1 aliphatic heterocycles. The van der Waals surface area contributed by atoms with Crippen LogP contribution in [0.2, 0.25) is 0 Å². The Hall–Kier alpha value is -2.88. The maximum absolute atomic E-state index is 11.6. The third-order valence-corrected chi connectivity index (χ3v) is 4.88. The summed E-state index contributed by atoms with van der Waals surface area (Å²) in [4.78, 5) is 21.1. The molecule has 0 spiro atoms. The van der Waals surface area contributed by atoms with Crippen molar-refractivity contribution in [1.82, 2.24) is 4.98 Å². The van der Waals surface area contributed by atoms with Gasteiger partial charge in [0.2, 0.25) is 0 Å². The van der Waals surface area contributed by atoms with Gasteiger partial charge in [0.15, 0.2) is 6.29 Å². The lowest BCUT2D eigenvalue weighted by atomic mass is 10.1. The molecule has 1 aromatic heterocycles. The zero-order valence-electron chi connectivity index (χ0n) is 14.4. The Bertz CT molecular complexity index is 900. The normalized spacial score (nSPS) is 14.8. The predicted molar refractivity (Wildman–Crippen MR) is 103 cm³/mol. The lowest BCUT2D eigenvalue weighted by Crippen LogP contribution is -2.47. The number of aldehydes is 1. The standard InChI is InChI=1S/C21H21N3O/c1-16-6-5-7-17-14-18(15-25)21(22-20(16)17)24-12-10-23(11-13-24)19-8-3-2-4-9-19/h2-9,14-15H,10-13H2,1H3. The monoisotopic (exact) mass is 331 g/mol. The molecule has 0 radical (unpaired) electrons. The Labute approximate surface area is 147 Å². The van der Waals surface area contributed by atoms with Crippen LogP contribution in [0.4, 0.5) is 11.5 Å². The molecule has 2 heterocycles. The molecule has 0 saturated carbocycles. The zero-order chi connectivity index (χ0) is 17.2. The molecule has 25 heavy (non-hydrogen) atoms. The molecule has 0 aliphatic carbocycles. The molecular weight excluding hydrogens is 310 g/mol. The third kappa shape index (κ3) is 2.95. The minimum absolute atomic E-state index is 0.672. The van der Waals surface area contributed by atoms with Crippen molar-refractivity contribution in [2.24, 2.45) is 0 Å². The number of piperazine rings is 1. The first-order chi connectivity index (χ1) is 12.3. The van der Waals surface area contributed by atoms with Gasteiger partial charge in [-0.25, -0.2) is 4.98 Å². The van der Waals surface area contributed by atoms with E-state index in [2.05, 4.69) is 47.1 Å². The summed E-state index contributed by atoms with van der Waals surface area (Å²) in [6, 6.07) is 18.5. The highest BCUT2D eigenvalue weighted by Gasteiger charge is 2.21. The second-order valence-corrected chi connectivity index (χ2v) is 6.48. The quantitative estimate of drug-likeness (QED) is 0.686. The number of carbonyl (C=O) groups is 1. The van der Waals surface area contributed by atoms with Gasteiger partial charge in [-0.15, -0.1) is 0 Å². The molecule has 3 aromatic rings. The van der Waals surface area contributed by atoms with Crippen molar-refractivity contribution >= 4 is 28.7 Å². The fraction of sp³-hybridized carbons (Fsp3) is 0.238. The van der Waals surface area contributed by atoms with Crippen LogP contribution in [0, 0.1) is 6.92 Å².